The molecule has 0 aromatic heterocycles. The molecule has 2 aromatic rings. The Hall–Kier alpha value is -3.85. The van der Waals surface area contributed by atoms with E-state index in [1.165, 1.54) is 6.08 Å². The Morgan fingerprint density at radius 2 is 1.89 bits per heavy atom. The van der Waals surface area contributed by atoms with Crippen LogP contribution in [0.25, 0.3) is 6.08 Å². The Kier molecular flexibility index (Phi) is 5.28. The molecule has 28 heavy (non-hydrogen) atoms. The van der Waals surface area contributed by atoms with E-state index in [4.69, 9.17) is 11.2 Å². The zero-order chi connectivity index (χ0) is 20.3. The summed E-state index contributed by atoms with van der Waals surface area (Å²) in [5.41, 5.74) is 2.58. The van der Waals surface area contributed by atoms with Gasteiger partial charge in [-0.2, -0.15) is 0 Å². The summed E-state index contributed by atoms with van der Waals surface area (Å²) < 4.78 is 5.36. The Balaban J connectivity index is 2.00. The fourth-order valence-corrected chi connectivity index (χ4v) is 2.84. The molecule has 0 saturated carbocycles. The van der Waals surface area contributed by atoms with E-state index < -0.39 is 17.8 Å². The van der Waals surface area contributed by atoms with Gasteiger partial charge in [0.25, 0.3) is 11.8 Å². The minimum atomic E-state index is -0.771. The van der Waals surface area contributed by atoms with Crippen molar-refractivity contribution in [3.05, 3.63) is 64.7 Å². The highest BCUT2D eigenvalue weighted by Gasteiger charge is 2.37. The van der Waals surface area contributed by atoms with Gasteiger partial charge >= 0.3 is 6.03 Å². The van der Waals surface area contributed by atoms with Crippen LogP contribution in [0.2, 0.25) is 0 Å². The van der Waals surface area contributed by atoms with E-state index >= 15 is 0 Å². The first-order chi connectivity index (χ1) is 13.4. The lowest BCUT2D eigenvalue weighted by Crippen LogP contribution is -2.54. The number of benzene rings is 2. The fourth-order valence-electron chi connectivity index (χ4n) is 2.84. The van der Waals surface area contributed by atoms with Gasteiger partial charge in [0, 0.05) is 0 Å². The molecule has 0 unspecified atom stereocenters. The topological polar surface area (TPSA) is 75.7 Å². The number of terminal acetylenes is 1. The van der Waals surface area contributed by atoms with Crippen LogP contribution in [0.15, 0.2) is 48.0 Å². The van der Waals surface area contributed by atoms with Crippen molar-refractivity contribution in [1.29, 1.82) is 0 Å². The molecule has 1 aliphatic heterocycles. The lowest BCUT2D eigenvalue weighted by Gasteiger charge is -2.28. The number of carbonyl (C=O) groups excluding carboxylic acids is 3. The second-order valence-electron chi connectivity index (χ2n) is 6.24. The maximum atomic E-state index is 13.0. The molecule has 1 heterocycles. The highest BCUT2D eigenvalue weighted by molar-refractivity contribution is 6.39. The van der Waals surface area contributed by atoms with E-state index in [9.17, 15) is 14.4 Å². The predicted octanol–water partition coefficient (Wildman–Crippen LogP) is 2.98. The van der Waals surface area contributed by atoms with Gasteiger partial charge in [-0.05, 0) is 54.8 Å². The van der Waals surface area contributed by atoms with Crippen molar-refractivity contribution in [2.45, 2.75) is 13.8 Å². The van der Waals surface area contributed by atoms with Gasteiger partial charge in [-0.3, -0.25) is 14.9 Å². The molecular weight excluding hydrogens is 356 g/mol. The predicted molar refractivity (Wildman–Crippen MR) is 106 cm³/mol. The number of amides is 4. The third-order valence-corrected chi connectivity index (χ3v) is 4.41. The van der Waals surface area contributed by atoms with Gasteiger partial charge in [-0.15, -0.1) is 6.42 Å². The number of hydrogen-bond donors (Lipinski definition) is 1. The van der Waals surface area contributed by atoms with Crippen molar-refractivity contribution in [2.75, 3.05) is 11.5 Å². The van der Waals surface area contributed by atoms with E-state index in [1.807, 2.05) is 19.9 Å². The number of carbonyl (C=O) groups is 3. The number of hydrogen-bond acceptors (Lipinski definition) is 4. The van der Waals surface area contributed by atoms with Gasteiger partial charge in [-0.25, -0.2) is 9.69 Å². The van der Waals surface area contributed by atoms with Crippen molar-refractivity contribution in [1.82, 2.24) is 5.32 Å². The van der Waals surface area contributed by atoms with Crippen LogP contribution in [-0.2, 0) is 9.59 Å². The minimum absolute atomic E-state index is 0.106. The largest absolute Gasteiger partial charge is 0.481 e. The quantitative estimate of drug-likeness (QED) is 0.507. The van der Waals surface area contributed by atoms with E-state index in [0.29, 0.717) is 17.0 Å². The molecule has 0 aliphatic carbocycles. The lowest BCUT2D eigenvalue weighted by atomic mass is 10.0. The van der Waals surface area contributed by atoms with Crippen molar-refractivity contribution < 1.29 is 19.1 Å². The number of nitrogens with zero attached hydrogens (tertiary/aromatic N) is 1. The monoisotopic (exact) mass is 374 g/mol. The fraction of sp³-hybridized carbons (Fsp3) is 0.136. The molecule has 4 amide bonds. The molecule has 2 aromatic carbocycles. The first kappa shape index (κ1) is 18.9. The number of barbiturate groups is 1. The zero-order valence-electron chi connectivity index (χ0n) is 15.5. The van der Waals surface area contributed by atoms with Crippen LogP contribution in [0.1, 0.15) is 16.7 Å². The van der Waals surface area contributed by atoms with E-state index in [-0.39, 0.29) is 12.2 Å². The van der Waals surface area contributed by atoms with Crippen molar-refractivity contribution in [2.24, 2.45) is 0 Å². The highest BCUT2D eigenvalue weighted by Crippen LogP contribution is 2.27. The molecule has 0 radical (unpaired) electrons. The summed E-state index contributed by atoms with van der Waals surface area (Å²) in [6.45, 7) is 3.81. The summed E-state index contributed by atoms with van der Waals surface area (Å²) >= 11 is 0. The number of imide groups is 2. The third kappa shape index (κ3) is 3.64. The molecule has 0 spiro atoms. The number of nitrogens with one attached hydrogen (secondary N) is 1. The van der Waals surface area contributed by atoms with Gasteiger partial charge in [0.15, 0.2) is 0 Å². The van der Waals surface area contributed by atoms with Crippen LogP contribution < -0.4 is 15.0 Å². The average molecular weight is 374 g/mol. The molecule has 1 aliphatic rings. The zero-order valence-corrected chi connectivity index (χ0v) is 15.5. The molecule has 3 rings (SSSR count). The summed E-state index contributed by atoms with van der Waals surface area (Å²) in [5.74, 6) is 1.46. The molecule has 6 heteroatoms. The van der Waals surface area contributed by atoms with E-state index in [1.54, 1.807) is 36.4 Å². The SMILES string of the molecule is C#CCOc1cccc(/C=C2/C(=O)NC(=O)N(c3cccc(C)c3C)C2=O)c1. The van der Waals surface area contributed by atoms with Gasteiger partial charge < -0.3 is 4.74 Å². The molecule has 6 nitrogen and oxygen atoms in total. The van der Waals surface area contributed by atoms with Crippen molar-refractivity contribution in [3.63, 3.8) is 0 Å². The Morgan fingerprint density at radius 1 is 1.14 bits per heavy atom. The summed E-state index contributed by atoms with van der Waals surface area (Å²) in [4.78, 5) is 38.6. The van der Waals surface area contributed by atoms with Gasteiger partial charge in [-0.1, -0.05) is 30.2 Å². The van der Waals surface area contributed by atoms with Gasteiger partial charge in [0.05, 0.1) is 5.69 Å². The maximum Gasteiger partial charge on any atom is 0.335 e. The van der Waals surface area contributed by atoms with Gasteiger partial charge in [0.2, 0.25) is 0 Å². The summed E-state index contributed by atoms with van der Waals surface area (Å²) in [6.07, 6.45) is 6.61. The van der Waals surface area contributed by atoms with Crippen LogP contribution in [0.3, 0.4) is 0 Å². The van der Waals surface area contributed by atoms with Crippen LogP contribution in [0.4, 0.5) is 10.5 Å². The molecular formula is C22H18N2O4. The Morgan fingerprint density at radius 3 is 2.64 bits per heavy atom. The average Bonchev–Trinajstić information content (AvgIpc) is 2.67. The Bertz CT molecular complexity index is 1050. The second kappa shape index (κ2) is 7.80. The van der Waals surface area contributed by atoms with E-state index in [2.05, 4.69) is 11.2 Å². The standard InChI is InChI=1S/C22H18N2O4/c1-4-11-28-17-9-6-8-16(12-17)13-18-20(25)23-22(27)24(21(18)26)19-10-5-7-14(2)15(19)3/h1,5-10,12-13H,11H2,2-3H3,(H,23,25,27)/b18-13-. The van der Waals surface area contributed by atoms with Gasteiger partial charge in [0.1, 0.15) is 17.9 Å². The summed E-state index contributed by atoms with van der Waals surface area (Å²) in [5, 5.41) is 2.23. The number of aryl methyl sites for hydroxylation is 1. The maximum absolute atomic E-state index is 13.0. The number of ether oxygens (including phenoxy) is 1. The first-order valence-corrected chi connectivity index (χ1v) is 8.56. The third-order valence-electron chi connectivity index (χ3n) is 4.41. The van der Waals surface area contributed by atoms with E-state index in [0.717, 1.165) is 16.0 Å². The second-order valence-corrected chi connectivity index (χ2v) is 6.24. The first-order valence-electron chi connectivity index (χ1n) is 8.56. The smallest absolute Gasteiger partial charge is 0.335 e. The molecule has 0 bridgehead atoms. The molecule has 0 atom stereocenters. The molecule has 1 saturated heterocycles. The summed E-state index contributed by atoms with van der Waals surface area (Å²) in [7, 11) is 0. The number of rotatable bonds is 4. The molecule has 140 valence electrons. The van der Waals surface area contributed by atoms with Crippen molar-refractivity contribution >= 4 is 29.6 Å². The minimum Gasteiger partial charge on any atom is -0.481 e. The summed E-state index contributed by atoms with van der Waals surface area (Å²) in [6, 6.07) is 11.3. The Labute approximate surface area is 162 Å². The van der Waals surface area contributed by atoms with Crippen LogP contribution in [-0.4, -0.2) is 24.5 Å². The highest BCUT2D eigenvalue weighted by atomic mass is 16.5. The molecule has 1 N–H and O–H groups in total. The normalized spacial score (nSPS) is 15.4. The molecule has 1 fully saturated rings. The van der Waals surface area contributed by atoms with Crippen LogP contribution >= 0.6 is 0 Å². The number of anilines is 1. The number of urea groups is 1. The lowest BCUT2D eigenvalue weighted by molar-refractivity contribution is -0.122. The van der Waals surface area contributed by atoms with Crippen molar-refractivity contribution in [3.8, 4) is 18.1 Å². The van der Waals surface area contributed by atoms with Crippen LogP contribution in [0, 0.1) is 26.2 Å². The van der Waals surface area contributed by atoms with Crippen LogP contribution in [0.5, 0.6) is 5.75 Å².